The number of hydrogen-bond donors (Lipinski definition) is 0. The Morgan fingerprint density at radius 1 is 1.26 bits per heavy atom. The molecule has 0 N–H and O–H groups in total. The molecule has 1 spiro atoms. The van der Waals surface area contributed by atoms with Gasteiger partial charge in [0.1, 0.15) is 23.0 Å². The molecule has 1 fully saturated rings. The second kappa shape index (κ2) is 8.29. The molecule has 1 atom stereocenters. The van der Waals surface area contributed by atoms with Crippen LogP contribution in [0.15, 0.2) is 36.0 Å². The molecule has 2 aromatic rings. The van der Waals surface area contributed by atoms with Crippen molar-refractivity contribution in [2.24, 2.45) is 5.92 Å². The smallest absolute Gasteiger partial charge is 0.156 e. The van der Waals surface area contributed by atoms with Gasteiger partial charge in [0, 0.05) is 28.9 Å². The molecular formula is C26H29NO4. The molecule has 0 amide bonds. The average molecular weight is 420 g/mol. The summed E-state index contributed by atoms with van der Waals surface area (Å²) in [5.41, 5.74) is 3.54. The van der Waals surface area contributed by atoms with Crippen molar-refractivity contribution >= 4 is 17.6 Å². The van der Waals surface area contributed by atoms with E-state index in [1.165, 1.54) is 12.5 Å². The van der Waals surface area contributed by atoms with E-state index in [0.717, 1.165) is 42.9 Å². The first-order chi connectivity index (χ1) is 14.8. The SMILES string of the molecule is CC[C@@H](C)C(=O)CC(=Cc1ccc(Oc2ccc(C)c3c2C2(CC2)CO3)cn1)C(C)=O. The van der Waals surface area contributed by atoms with Gasteiger partial charge in [-0.05, 0) is 62.9 Å². The summed E-state index contributed by atoms with van der Waals surface area (Å²) in [6, 6.07) is 7.68. The maximum absolute atomic E-state index is 12.3. The summed E-state index contributed by atoms with van der Waals surface area (Å²) in [6.07, 6.45) is 6.52. The Bertz CT molecular complexity index is 1050. The van der Waals surface area contributed by atoms with Gasteiger partial charge in [-0.2, -0.15) is 0 Å². The zero-order chi connectivity index (χ0) is 22.2. The Morgan fingerprint density at radius 3 is 2.65 bits per heavy atom. The van der Waals surface area contributed by atoms with Crippen molar-refractivity contribution in [1.29, 1.82) is 0 Å². The number of aromatic nitrogens is 1. The molecule has 2 aliphatic rings. The summed E-state index contributed by atoms with van der Waals surface area (Å²) in [4.78, 5) is 28.7. The van der Waals surface area contributed by atoms with Gasteiger partial charge in [0.25, 0.3) is 0 Å². The van der Waals surface area contributed by atoms with Crippen LogP contribution in [-0.2, 0) is 15.0 Å². The van der Waals surface area contributed by atoms with E-state index in [4.69, 9.17) is 9.47 Å². The fourth-order valence-corrected chi connectivity index (χ4v) is 3.98. The highest BCUT2D eigenvalue weighted by Gasteiger charge is 2.53. The second-order valence-corrected chi connectivity index (χ2v) is 8.85. The molecule has 1 aliphatic carbocycles. The van der Waals surface area contributed by atoms with Crippen LogP contribution < -0.4 is 9.47 Å². The second-order valence-electron chi connectivity index (χ2n) is 8.85. The number of rotatable bonds is 8. The van der Waals surface area contributed by atoms with E-state index < -0.39 is 0 Å². The van der Waals surface area contributed by atoms with E-state index in [0.29, 0.717) is 17.0 Å². The molecule has 1 aliphatic heterocycles. The lowest BCUT2D eigenvalue weighted by Gasteiger charge is -2.14. The number of carbonyl (C=O) groups is 2. The predicted octanol–water partition coefficient (Wildman–Crippen LogP) is 5.58. The Labute approximate surface area is 183 Å². The number of ketones is 2. The van der Waals surface area contributed by atoms with Crippen LogP contribution in [0.4, 0.5) is 0 Å². The maximum atomic E-state index is 12.3. The predicted molar refractivity (Wildman–Crippen MR) is 120 cm³/mol. The summed E-state index contributed by atoms with van der Waals surface area (Å²) < 4.78 is 12.1. The third-order valence-corrected chi connectivity index (χ3v) is 6.48. The highest BCUT2D eigenvalue weighted by atomic mass is 16.5. The molecule has 1 aromatic heterocycles. The summed E-state index contributed by atoms with van der Waals surface area (Å²) in [6.45, 7) is 8.14. The first kappa shape index (κ1) is 21.3. The van der Waals surface area contributed by atoms with Gasteiger partial charge in [-0.3, -0.25) is 14.6 Å². The van der Waals surface area contributed by atoms with Crippen molar-refractivity contribution in [3.8, 4) is 17.2 Å². The van der Waals surface area contributed by atoms with Crippen molar-refractivity contribution in [2.75, 3.05) is 6.61 Å². The molecule has 2 heterocycles. The maximum Gasteiger partial charge on any atom is 0.156 e. The van der Waals surface area contributed by atoms with Crippen LogP contribution in [0.1, 0.15) is 63.3 Å². The van der Waals surface area contributed by atoms with Crippen LogP contribution in [0.25, 0.3) is 6.08 Å². The molecule has 5 heteroatoms. The lowest BCUT2D eigenvalue weighted by atomic mass is 9.95. The van der Waals surface area contributed by atoms with Crippen LogP contribution in [0, 0.1) is 12.8 Å². The Hall–Kier alpha value is -2.95. The van der Waals surface area contributed by atoms with Crippen molar-refractivity contribution in [3.05, 3.63) is 52.9 Å². The van der Waals surface area contributed by atoms with Crippen LogP contribution in [0.2, 0.25) is 0 Å². The van der Waals surface area contributed by atoms with Gasteiger partial charge < -0.3 is 9.47 Å². The van der Waals surface area contributed by atoms with Crippen molar-refractivity contribution in [3.63, 3.8) is 0 Å². The number of allylic oxidation sites excluding steroid dienone is 1. The monoisotopic (exact) mass is 419 g/mol. The quantitative estimate of drug-likeness (QED) is 0.522. The van der Waals surface area contributed by atoms with Gasteiger partial charge >= 0.3 is 0 Å². The van der Waals surface area contributed by atoms with Gasteiger partial charge in [-0.15, -0.1) is 0 Å². The molecule has 5 nitrogen and oxygen atoms in total. The first-order valence-corrected chi connectivity index (χ1v) is 11.0. The van der Waals surface area contributed by atoms with Gasteiger partial charge in [0.2, 0.25) is 0 Å². The molecule has 31 heavy (non-hydrogen) atoms. The van der Waals surface area contributed by atoms with Gasteiger partial charge in [-0.25, -0.2) is 0 Å². The van der Waals surface area contributed by atoms with Gasteiger partial charge in [0.15, 0.2) is 5.78 Å². The number of ether oxygens (including phenoxy) is 2. The minimum atomic E-state index is -0.108. The number of Topliss-reactive ketones (excluding diaryl/α,β-unsaturated/α-hetero) is 2. The third kappa shape index (κ3) is 4.27. The van der Waals surface area contributed by atoms with Crippen LogP contribution in [0.5, 0.6) is 17.2 Å². The lowest BCUT2D eigenvalue weighted by molar-refractivity contribution is -0.123. The molecule has 0 saturated heterocycles. The lowest BCUT2D eigenvalue weighted by Crippen LogP contribution is -2.13. The molecule has 4 rings (SSSR count). The number of aryl methyl sites for hydroxylation is 1. The van der Waals surface area contributed by atoms with Crippen molar-refractivity contribution in [1.82, 2.24) is 4.98 Å². The van der Waals surface area contributed by atoms with Crippen molar-refractivity contribution in [2.45, 2.75) is 58.8 Å². The fraction of sp³-hybridized carbons (Fsp3) is 0.423. The standard InChI is InChI=1S/C26H29NO4/c1-5-16(2)22(29)13-19(18(4)28)12-20-7-8-21(14-27-20)31-23-9-6-17(3)25-24(23)26(10-11-26)15-30-25/h6-9,12,14,16H,5,10-11,13,15H2,1-4H3/t16-/m1/s1. The number of hydrogen-bond acceptors (Lipinski definition) is 5. The number of carbonyl (C=O) groups excluding carboxylic acids is 2. The summed E-state index contributed by atoms with van der Waals surface area (Å²) in [5, 5.41) is 0. The number of fused-ring (bicyclic) bond motifs is 2. The molecule has 0 radical (unpaired) electrons. The topological polar surface area (TPSA) is 65.5 Å². The molecule has 0 unspecified atom stereocenters. The zero-order valence-electron chi connectivity index (χ0n) is 18.7. The van der Waals surface area contributed by atoms with E-state index >= 15 is 0 Å². The largest absolute Gasteiger partial charge is 0.492 e. The van der Waals surface area contributed by atoms with Crippen molar-refractivity contribution < 1.29 is 19.1 Å². The van der Waals surface area contributed by atoms with Gasteiger partial charge in [-0.1, -0.05) is 19.9 Å². The Balaban J connectivity index is 1.53. The normalized spacial score (nSPS) is 17.1. The number of pyridine rings is 1. The summed E-state index contributed by atoms with van der Waals surface area (Å²) >= 11 is 0. The third-order valence-electron chi connectivity index (χ3n) is 6.48. The minimum absolute atomic E-state index is 0.0542. The Kier molecular flexibility index (Phi) is 5.69. The molecule has 0 bridgehead atoms. The molecule has 1 aromatic carbocycles. The summed E-state index contributed by atoms with van der Waals surface area (Å²) in [5.74, 6) is 2.33. The molecular weight excluding hydrogens is 390 g/mol. The first-order valence-electron chi connectivity index (χ1n) is 11.0. The highest BCUT2D eigenvalue weighted by Crippen LogP contribution is 2.59. The number of nitrogens with zero attached hydrogens (tertiary/aromatic N) is 1. The van der Waals surface area contributed by atoms with E-state index in [2.05, 4.69) is 11.9 Å². The van der Waals surface area contributed by atoms with Gasteiger partial charge in [0.05, 0.1) is 18.5 Å². The van der Waals surface area contributed by atoms with Crippen LogP contribution in [0.3, 0.4) is 0 Å². The minimum Gasteiger partial charge on any atom is -0.492 e. The molecule has 1 saturated carbocycles. The fourth-order valence-electron chi connectivity index (χ4n) is 3.98. The average Bonchev–Trinajstić information content (AvgIpc) is 3.43. The van der Waals surface area contributed by atoms with E-state index in [9.17, 15) is 9.59 Å². The van der Waals surface area contributed by atoms with E-state index in [-0.39, 0.29) is 29.3 Å². The highest BCUT2D eigenvalue weighted by molar-refractivity contribution is 6.02. The molecule has 162 valence electrons. The Morgan fingerprint density at radius 2 is 2.03 bits per heavy atom. The van der Waals surface area contributed by atoms with E-state index in [1.807, 2.05) is 38.1 Å². The zero-order valence-corrected chi connectivity index (χ0v) is 18.7. The van der Waals surface area contributed by atoms with Crippen LogP contribution in [-0.4, -0.2) is 23.2 Å². The van der Waals surface area contributed by atoms with E-state index in [1.54, 1.807) is 12.3 Å². The summed E-state index contributed by atoms with van der Waals surface area (Å²) in [7, 11) is 0. The number of benzene rings is 1. The van der Waals surface area contributed by atoms with Crippen LogP contribution >= 0.6 is 0 Å².